The summed E-state index contributed by atoms with van der Waals surface area (Å²) in [5, 5.41) is 11.8. The van der Waals surface area contributed by atoms with Crippen LogP contribution < -0.4 is 11.1 Å². The molecule has 1 heterocycles. The lowest BCUT2D eigenvalue weighted by molar-refractivity contribution is 0.678. The highest BCUT2D eigenvalue weighted by Crippen LogP contribution is 2.21. The number of rotatable bonds is 8. The molecule has 21 heavy (non-hydrogen) atoms. The number of hydrogen-bond donors (Lipinski definition) is 2. The Bertz CT molecular complexity index is 534. The van der Waals surface area contributed by atoms with Gasteiger partial charge < -0.3 is 11.1 Å². The predicted octanol–water partition coefficient (Wildman–Crippen LogP) is 1.80. The van der Waals surface area contributed by atoms with E-state index in [1.54, 1.807) is 6.26 Å². The lowest BCUT2D eigenvalue weighted by Crippen LogP contribution is -2.24. The van der Waals surface area contributed by atoms with Crippen molar-refractivity contribution in [3.63, 3.8) is 0 Å². The van der Waals surface area contributed by atoms with Crippen LogP contribution in [0.25, 0.3) is 0 Å². The molecule has 1 rings (SSSR count). The Hall–Kier alpha value is -1.08. The van der Waals surface area contributed by atoms with E-state index in [1.165, 1.54) is 0 Å². The minimum Gasteiger partial charge on any atom is -0.389 e. The third-order valence-electron chi connectivity index (χ3n) is 3.31. The number of aryl methyl sites for hydroxylation is 1. The monoisotopic (exact) mass is 328 g/mol. The van der Waals surface area contributed by atoms with Crippen molar-refractivity contribution >= 4 is 33.8 Å². The van der Waals surface area contributed by atoms with Gasteiger partial charge >= 0.3 is 0 Å². The van der Waals surface area contributed by atoms with Crippen LogP contribution in [0, 0.1) is 0 Å². The Labute approximate surface area is 134 Å². The van der Waals surface area contributed by atoms with Gasteiger partial charge in [-0.1, -0.05) is 26.1 Å². The second-order valence-corrected chi connectivity index (χ2v) is 7.03. The van der Waals surface area contributed by atoms with E-state index in [2.05, 4.69) is 22.4 Å². The van der Waals surface area contributed by atoms with E-state index in [9.17, 15) is 4.21 Å². The average Bonchev–Trinajstić information content (AvgIpc) is 2.44. The number of nitrogens with zero attached hydrogens (tertiary/aromatic N) is 2. The summed E-state index contributed by atoms with van der Waals surface area (Å²) in [7, 11) is -0.796. The van der Waals surface area contributed by atoms with Crippen molar-refractivity contribution in [2.24, 2.45) is 5.73 Å². The molecule has 0 aliphatic carbocycles. The molecule has 0 saturated carbocycles. The molecule has 0 aliphatic heterocycles. The number of nitrogens with two attached hydrogens (primary N) is 1. The van der Waals surface area contributed by atoms with Crippen molar-refractivity contribution in [2.45, 2.75) is 46.1 Å². The molecule has 0 amide bonds. The van der Waals surface area contributed by atoms with Crippen LogP contribution in [0.2, 0.25) is 0 Å². The van der Waals surface area contributed by atoms with Gasteiger partial charge in [0, 0.05) is 28.9 Å². The van der Waals surface area contributed by atoms with E-state index in [1.807, 2.05) is 13.8 Å². The van der Waals surface area contributed by atoms with Gasteiger partial charge in [0.1, 0.15) is 4.99 Å². The van der Waals surface area contributed by atoms with Crippen molar-refractivity contribution < 1.29 is 4.21 Å². The van der Waals surface area contributed by atoms with Crippen molar-refractivity contribution in [2.75, 3.05) is 17.3 Å². The predicted molar refractivity (Wildman–Crippen MR) is 93.3 cm³/mol. The minimum absolute atomic E-state index is 0.133. The zero-order valence-electron chi connectivity index (χ0n) is 13.1. The molecule has 7 heteroatoms. The highest BCUT2D eigenvalue weighted by Gasteiger charge is 2.18. The largest absolute Gasteiger partial charge is 0.389 e. The molecule has 0 saturated heterocycles. The molecular formula is C14H24N4OS2. The van der Waals surface area contributed by atoms with Crippen LogP contribution in [0.4, 0.5) is 5.82 Å². The first-order valence-electron chi connectivity index (χ1n) is 7.15. The summed E-state index contributed by atoms with van der Waals surface area (Å²) >= 11 is 5.19. The summed E-state index contributed by atoms with van der Waals surface area (Å²) in [5.41, 5.74) is 8.68. The first-order valence-corrected chi connectivity index (χ1v) is 9.28. The fourth-order valence-corrected chi connectivity index (χ4v) is 3.09. The second-order valence-electron chi connectivity index (χ2n) is 5.03. The average molecular weight is 329 g/mol. The molecule has 118 valence electrons. The SMILES string of the molecule is CCc1nnc(NC(C)CCS(C)=O)c(C(N)=S)c1CC. The van der Waals surface area contributed by atoms with Gasteiger partial charge in [-0.2, -0.15) is 5.10 Å². The first-order chi connectivity index (χ1) is 9.90. The molecule has 5 nitrogen and oxygen atoms in total. The highest BCUT2D eigenvalue weighted by molar-refractivity contribution is 7.84. The Morgan fingerprint density at radius 2 is 2.05 bits per heavy atom. The van der Waals surface area contributed by atoms with Crippen molar-refractivity contribution in [3.05, 3.63) is 16.8 Å². The molecule has 2 unspecified atom stereocenters. The summed E-state index contributed by atoms with van der Waals surface area (Å²) in [4.78, 5) is 0.338. The number of nitrogens with one attached hydrogen (secondary N) is 1. The van der Waals surface area contributed by atoms with Crippen molar-refractivity contribution in [1.29, 1.82) is 0 Å². The van der Waals surface area contributed by atoms with Gasteiger partial charge in [0.15, 0.2) is 5.82 Å². The molecule has 0 bridgehead atoms. The Kier molecular flexibility index (Phi) is 7.17. The fraction of sp³-hybridized carbons (Fsp3) is 0.643. The Morgan fingerprint density at radius 1 is 1.38 bits per heavy atom. The molecule has 3 N–H and O–H groups in total. The quantitative estimate of drug-likeness (QED) is 0.708. The molecule has 0 radical (unpaired) electrons. The van der Waals surface area contributed by atoms with Crippen LogP contribution in [0.15, 0.2) is 0 Å². The molecule has 0 fully saturated rings. The van der Waals surface area contributed by atoms with Gasteiger partial charge in [-0.15, -0.1) is 5.10 Å². The smallest absolute Gasteiger partial charge is 0.159 e. The summed E-state index contributed by atoms with van der Waals surface area (Å²) in [6.45, 7) is 6.13. The zero-order valence-corrected chi connectivity index (χ0v) is 14.7. The van der Waals surface area contributed by atoms with Crippen LogP contribution in [0.3, 0.4) is 0 Å². The molecule has 0 aliphatic rings. The van der Waals surface area contributed by atoms with E-state index >= 15 is 0 Å². The van der Waals surface area contributed by atoms with Gasteiger partial charge in [0.2, 0.25) is 0 Å². The van der Waals surface area contributed by atoms with Crippen LogP contribution in [-0.2, 0) is 23.6 Å². The van der Waals surface area contributed by atoms with Crippen molar-refractivity contribution in [1.82, 2.24) is 10.2 Å². The normalized spacial score (nSPS) is 13.7. The second kappa shape index (κ2) is 8.38. The van der Waals surface area contributed by atoms with E-state index in [0.717, 1.165) is 36.1 Å². The lowest BCUT2D eigenvalue weighted by atomic mass is 10.0. The van der Waals surface area contributed by atoms with Crippen LogP contribution in [-0.4, -0.2) is 37.4 Å². The first kappa shape index (κ1) is 18.0. The minimum atomic E-state index is -0.796. The van der Waals surface area contributed by atoms with Gasteiger partial charge in [-0.3, -0.25) is 4.21 Å². The van der Waals surface area contributed by atoms with Crippen molar-refractivity contribution in [3.8, 4) is 0 Å². The standard InChI is InChI=1S/C14H24N4OS2/c1-5-10-11(6-2)17-18-14(12(10)13(15)20)16-9(3)7-8-21(4)19/h9H,5-8H2,1-4H3,(H2,15,20)(H,16,18). The Morgan fingerprint density at radius 3 is 2.52 bits per heavy atom. The van der Waals surface area contributed by atoms with E-state index in [0.29, 0.717) is 16.6 Å². The third-order valence-corrected chi connectivity index (χ3v) is 4.33. The maximum atomic E-state index is 11.2. The number of thiocarbonyl (C=S) groups is 1. The molecular weight excluding hydrogens is 304 g/mol. The van der Waals surface area contributed by atoms with Gasteiger partial charge in [-0.25, -0.2) is 0 Å². The fourth-order valence-electron chi connectivity index (χ4n) is 2.19. The van der Waals surface area contributed by atoms with E-state index < -0.39 is 10.8 Å². The maximum absolute atomic E-state index is 11.2. The molecule has 2 atom stereocenters. The van der Waals surface area contributed by atoms with Gasteiger partial charge in [0.05, 0.1) is 11.3 Å². The van der Waals surface area contributed by atoms with Gasteiger partial charge in [0.25, 0.3) is 0 Å². The molecule has 1 aromatic rings. The number of anilines is 1. The highest BCUT2D eigenvalue weighted by atomic mass is 32.2. The zero-order chi connectivity index (χ0) is 16.0. The van der Waals surface area contributed by atoms with Gasteiger partial charge in [-0.05, 0) is 31.7 Å². The molecule has 0 aromatic carbocycles. The van der Waals surface area contributed by atoms with E-state index in [-0.39, 0.29) is 6.04 Å². The third kappa shape index (κ3) is 5.00. The molecule has 1 aromatic heterocycles. The number of aromatic nitrogens is 2. The summed E-state index contributed by atoms with van der Waals surface area (Å²) < 4.78 is 11.2. The topological polar surface area (TPSA) is 80.9 Å². The number of hydrogen-bond acceptors (Lipinski definition) is 5. The summed E-state index contributed by atoms with van der Waals surface area (Å²) in [6, 6.07) is 0.133. The van der Waals surface area contributed by atoms with Crippen LogP contribution in [0.1, 0.15) is 44.0 Å². The summed E-state index contributed by atoms with van der Waals surface area (Å²) in [5.74, 6) is 1.28. The lowest BCUT2D eigenvalue weighted by Gasteiger charge is -2.19. The van der Waals surface area contributed by atoms with E-state index in [4.69, 9.17) is 18.0 Å². The Balaban J connectivity index is 3.06. The molecule has 0 spiro atoms. The summed E-state index contributed by atoms with van der Waals surface area (Å²) in [6.07, 6.45) is 4.11. The maximum Gasteiger partial charge on any atom is 0.159 e. The van der Waals surface area contributed by atoms with Crippen LogP contribution >= 0.6 is 12.2 Å². The van der Waals surface area contributed by atoms with Crippen LogP contribution in [0.5, 0.6) is 0 Å².